The molecule has 138 valence electrons. The summed E-state index contributed by atoms with van der Waals surface area (Å²) in [5, 5.41) is 5.82. The van der Waals surface area contributed by atoms with Crippen molar-refractivity contribution in [2.45, 2.75) is 20.8 Å². The summed E-state index contributed by atoms with van der Waals surface area (Å²) in [6.45, 7) is 6.34. The van der Waals surface area contributed by atoms with Crippen LogP contribution in [0, 0.1) is 20.8 Å². The normalized spacial score (nSPS) is 11.7. The van der Waals surface area contributed by atoms with Gasteiger partial charge in [0.1, 0.15) is 0 Å². The van der Waals surface area contributed by atoms with Gasteiger partial charge in [0.2, 0.25) is 0 Å². The SMILES string of the molecule is Cc1cc(NC(=O)C[NH+](C)CC(=O)Nc2c(C)cccc2C)ccc1Br. The van der Waals surface area contributed by atoms with Crippen LogP contribution >= 0.6 is 15.9 Å². The van der Waals surface area contributed by atoms with Crippen molar-refractivity contribution in [2.24, 2.45) is 0 Å². The van der Waals surface area contributed by atoms with E-state index in [1.807, 2.05) is 64.2 Å². The lowest BCUT2D eigenvalue weighted by atomic mass is 10.1. The Morgan fingerprint density at radius 1 is 0.923 bits per heavy atom. The average molecular weight is 419 g/mol. The molecule has 0 aliphatic heterocycles. The maximum absolute atomic E-state index is 12.3. The predicted octanol–water partition coefficient (Wildman–Crippen LogP) is 2.47. The van der Waals surface area contributed by atoms with Crippen LogP contribution in [0.4, 0.5) is 11.4 Å². The minimum atomic E-state index is -0.121. The lowest BCUT2D eigenvalue weighted by Gasteiger charge is -2.15. The first-order valence-electron chi connectivity index (χ1n) is 8.49. The monoisotopic (exact) mass is 418 g/mol. The molecule has 0 saturated carbocycles. The Hall–Kier alpha value is -2.18. The summed E-state index contributed by atoms with van der Waals surface area (Å²) >= 11 is 3.44. The van der Waals surface area contributed by atoms with Crippen LogP contribution in [0.1, 0.15) is 16.7 Å². The van der Waals surface area contributed by atoms with Crippen molar-refractivity contribution in [1.29, 1.82) is 0 Å². The summed E-state index contributed by atoms with van der Waals surface area (Å²) in [6, 6.07) is 11.5. The summed E-state index contributed by atoms with van der Waals surface area (Å²) < 4.78 is 1.00. The van der Waals surface area contributed by atoms with E-state index in [4.69, 9.17) is 0 Å². The molecule has 0 radical (unpaired) electrons. The van der Waals surface area contributed by atoms with Gasteiger partial charge in [0, 0.05) is 15.8 Å². The summed E-state index contributed by atoms with van der Waals surface area (Å²) in [4.78, 5) is 25.3. The van der Waals surface area contributed by atoms with Crippen molar-refractivity contribution >= 4 is 39.1 Å². The van der Waals surface area contributed by atoms with E-state index < -0.39 is 0 Å². The average Bonchev–Trinajstić information content (AvgIpc) is 2.54. The van der Waals surface area contributed by atoms with Gasteiger partial charge >= 0.3 is 0 Å². The summed E-state index contributed by atoms with van der Waals surface area (Å²) in [5.74, 6) is -0.226. The molecule has 0 saturated heterocycles. The van der Waals surface area contributed by atoms with Gasteiger partial charge in [-0.2, -0.15) is 0 Å². The van der Waals surface area contributed by atoms with Crippen LogP contribution in [-0.2, 0) is 9.59 Å². The maximum Gasteiger partial charge on any atom is 0.279 e. The minimum Gasteiger partial charge on any atom is -0.322 e. The smallest absolute Gasteiger partial charge is 0.279 e. The molecule has 2 amide bonds. The number of quaternary nitrogens is 1. The molecule has 6 heteroatoms. The Labute approximate surface area is 162 Å². The van der Waals surface area contributed by atoms with Gasteiger partial charge in [-0.3, -0.25) is 9.59 Å². The highest BCUT2D eigenvalue weighted by Crippen LogP contribution is 2.20. The molecule has 3 N–H and O–H groups in total. The van der Waals surface area contributed by atoms with Crippen LogP contribution in [0.15, 0.2) is 40.9 Å². The molecule has 2 rings (SSSR count). The quantitative estimate of drug-likeness (QED) is 0.674. The first kappa shape index (κ1) is 20.1. The highest BCUT2D eigenvalue weighted by atomic mass is 79.9. The summed E-state index contributed by atoms with van der Waals surface area (Å²) in [7, 11) is 1.83. The molecule has 0 aliphatic rings. The molecule has 0 aromatic heterocycles. The number of hydrogen-bond donors (Lipinski definition) is 3. The molecule has 5 nitrogen and oxygen atoms in total. The molecule has 1 atom stereocenters. The van der Waals surface area contributed by atoms with Crippen molar-refractivity contribution in [3.8, 4) is 0 Å². The molecule has 0 aliphatic carbocycles. The lowest BCUT2D eigenvalue weighted by Crippen LogP contribution is -3.11. The van der Waals surface area contributed by atoms with Gasteiger partial charge in [0.05, 0.1) is 7.05 Å². The van der Waals surface area contributed by atoms with E-state index in [0.29, 0.717) is 0 Å². The molecule has 0 fully saturated rings. The van der Waals surface area contributed by atoms with Crippen molar-refractivity contribution in [2.75, 3.05) is 30.8 Å². The third-order valence-corrected chi connectivity index (χ3v) is 5.00. The Morgan fingerprint density at radius 2 is 1.50 bits per heavy atom. The number of benzene rings is 2. The molecule has 0 spiro atoms. The largest absolute Gasteiger partial charge is 0.322 e. The molecular weight excluding hydrogens is 394 g/mol. The van der Waals surface area contributed by atoms with Crippen LogP contribution in [-0.4, -0.2) is 32.0 Å². The summed E-state index contributed by atoms with van der Waals surface area (Å²) in [6.07, 6.45) is 0. The van der Waals surface area contributed by atoms with E-state index in [2.05, 4.69) is 26.6 Å². The zero-order chi connectivity index (χ0) is 19.3. The molecule has 0 bridgehead atoms. The fraction of sp³-hybridized carbons (Fsp3) is 0.300. The molecule has 1 unspecified atom stereocenters. The van der Waals surface area contributed by atoms with Crippen molar-refractivity contribution < 1.29 is 14.5 Å². The number of amides is 2. The first-order chi connectivity index (χ1) is 12.3. The first-order valence-corrected chi connectivity index (χ1v) is 9.29. The fourth-order valence-corrected chi connectivity index (χ4v) is 2.98. The van der Waals surface area contributed by atoms with Crippen LogP contribution < -0.4 is 15.5 Å². The fourth-order valence-electron chi connectivity index (χ4n) is 2.73. The number of carbonyl (C=O) groups excluding carboxylic acids is 2. The molecule has 2 aromatic rings. The van der Waals surface area contributed by atoms with Crippen molar-refractivity contribution in [3.05, 3.63) is 57.6 Å². The van der Waals surface area contributed by atoms with Gasteiger partial charge in [-0.25, -0.2) is 0 Å². The van der Waals surface area contributed by atoms with E-state index in [0.717, 1.165) is 37.4 Å². The van der Waals surface area contributed by atoms with E-state index >= 15 is 0 Å². The standard InChI is InChI=1S/C20H24BrN3O2/c1-13-6-5-7-14(2)20(13)23-19(26)12-24(4)11-18(25)22-16-8-9-17(21)15(3)10-16/h5-10H,11-12H2,1-4H3,(H,22,25)(H,23,26)/p+1. The van der Waals surface area contributed by atoms with Crippen molar-refractivity contribution in [3.63, 3.8) is 0 Å². The van der Waals surface area contributed by atoms with Gasteiger partial charge in [-0.05, 0) is 55.7 Å². The second-order valence-corrected chi connectivity index (χ2v) is 7.49. The van der Waals surface area contributed by atoms with Crippen molar-refractivity contribution in [1.82, 2.24) is 0 Å². The second-order valence-electron chi connectivity index (χ2n) is 6.64. The molecule has 0 heterocycles. The van der Waals surface area contributed by atoms with Gasteiger partial charge in [0.15, 0.2) is 13.1 Å². The molecular formula is C20H25BrN3O2+. The Kier molecular flexibility index (Phi) is 6.94. The maximum atomic E-state index is 12.3. The zero-order valence-corrected chi connectivity index (χ0v) is 17.2. The highest BCUT2D eigenvalue weighted by molar-refractivity contribution is 9.10. The van der Waals surface area contributed by atoms with Gasteiger partial charge < -0.3 is 15.5 Å². The van der Waals surface area contributed by atoms with Crippen LogP contribution in [0.25, 0.3) is 0 Å². The number of nitrogens with one attached hydrogen (secondary N) is 3. The zero-order valence-electron chi connectivity index (χ0n) is 15.6. The number of hydrogen-bond acceptors (Lipinski definition) is 2. The van der Waals surface area contributed by atoms with Crippen LogP contribution in [0.5, 0.6) is 0 Å². The Balaban J connectivity index is 1.87. The van der Waals surface area contributed by atoms with E-state index in [1.54, 1.807) is 0 Å². The van der Waals surface area contributed by atoms with Gasteiger partial charge in [-0.1, -0.05) is 34.1 Å². The predicted molar refractivity (Wildman–Crippen MR) is 109 cm³/mol. The van der Waals surface area contributed by atoms with Gasteiger partial charge in [-0.15, -0.1) is 0 Å². The number of likely N-dealkylation sites (N-methyl/N-ethyl adjacent to an activating group) is 1. The lowest BCUT2D eigenvalue weighted by molar-refractivity contribution is -0.862. The van der Waals surface area contributed by atoms with E-state index in [1.165, 1.54) is 0 Å². The number of carbonyl (C=O) groups is 2. The van der Waals surface area contributed by atoms with Crippen LogP contribution in [0.3, 0.4) is 0 Å². The highest BCUT2D eigenvalue weighted by Gasteiger charge is 2.16. The number of halogens is 1. The second kappa shape index (κ2) is 8.96. The molecule has 26 heavy (non-hydrogen) atoms. The Bertz CT molecular complexity index is 800. The van der Waals surface area contributed by atoms with E-state index in [9.17, 15) is 9.59 Å². The minimum absolute atomic E-state index is 0.104. The molecule has 2 aromatic carbocycles. The van der Waals surface area contributed by atoms with E-state index in [-0.39, 0.29) is 24.9 Å². The Morgan fingerprint density at radius 3 is 2.08 bits per heavy atom. The third kappa shape index (κ3) is 5.68. The number of rotatable bonds is 6. The topological polar surface area (TPSA) is 62.6 Å². The number of para-hydroxylation sites is 1. The number of aryl methyl sites for hydroxylation is 3. The van der Waals surface area contributed by atoms with Crippen LogP contribution in [0.2, 0.25) is 0 Å². The number of anilines is 2. The summed E-state index contributed by atoms with van der Waals surface area (Å²) in [5.41, 5.74) is 4.71. The third-order valence-electron chi connectivity index (χ3n) is 4.11. The van der Waals surface area contributed by atoms with Gasteiger partial charge in [0.25, 0.3) is 11.8 Å².